The lowest BCUT2D eigenvalue weighted by Crippen LogP contribution is -2.32. The minimum atomic E-state index is -0.593. The first-order chi connectivity index (χ1) is 10.1. The first-order valence-electron chi connectivity index (χ1n) is 6.36. The molecule has 0 fully saturated rings. The van der Waals surface area contributed by atoms with Crippen molar-refractivity contribution in [3.8, 4) is 11.8 Å². The number of amides is 1. The van der Waals surface area contributed by atoms with Gasteiger partial charge in [0.25, 0.3) is 0 Å². The van der Waals surface area contributed by atoms with E-state index >= 15 is 0 Å². The van der Waals surface area contributed by atoms with Gasteiger partial charge in [-0.3, -0.25) is 4.79 Å². The Morgan fingerprint density at radius 2 is 2.00 bits per heavy atom. The van der Waals surface area contributed by atoms with Crippen LogP contribution in [0.25, 0.3) is 0 Å². The molecular weight excluding hydrogens is 286 g/mol. The van der Waals surface area contributed by atoms with Crippen LogP contribution in [-0.4, -0.2) is 16.9 Å². The lowest BCUT2D eigenvalue weighted by molar-refractivity contribution is -0.117. The maximum Gasteiger partial charge on any atom is 0.242 e. The Bertz CT molecular complexity index is 717. The number of carbonyl (C=O) groups is 1. The second-order valence-electron chi connectivity index (χ2n) is 4.42. The molecule has 1 amide bonds. The molecule has 0 spiro atoms. The zero-order chi connectivity index (χ0) is 15.2. The Labute approximate surface area is 128 Å². The van der Waals surface area contributed by atoms with Crippen LogP contribution in [0.5, 0.6) is 0 Å². The van der Waals surface area contributed by atoms with Crippen molar-refractivity contribution in [1.82, 2.24) is 4.98 Å². The molecule has 1 atom stereocenters. The second-order valence-corrected chi connectivity index (χ2v) is 4.82. The fourth-order valence-corrected chi connectivity index (χ4v) is 1.69. The lowest BCUT2D eigenvalue weighted by atomic mass is 10.2. The van der Waals surface area contributed by atoms with Crippen molar-refractivity contribution < 1.29 is 4.79 Å². The van der Waals surface area contributed by atoms with Crippen LogP contribution < -0.4 is 11.1 Å². The fraction of sp³-hybridized carbons (Fsp3) is 0.125. The molecule has 1 aromatic heterocycles. The third-order valence-corrected chi connectivity index (χ3v) is 2.94. The first-order valence-corrected chi connectivity index (χ1v) is 6.74. The smallest absolute Gasteiger partial charge is 0.242 e. The third kappa shape index (κ3) is 4.32. The van der Waals surface area contributed by atoms with E-state index in [9.17, 15) is 4.79 Å². The lowest BCUT2D eigenvalue weighted by Gasteiger charge is -2.06. The molecule has 0 aliphatic rings. The summed E-state index contributed by atoms with van der Waals surface area (Å²) in [5.41, 5.74) is 6.76. The number of anilines is 1. The van der Waals surface area contributed by atoms with Crippen molar-refractivity contribution in [3.63, 3.8) is 0 Å². The first kappa shape index (κ1) is 15.0. The molecule has 0 radical (unpaired) electrons. The summed E-state index contributed by atoms with van der Waals surface area (Å²) >= 11 is 6.03. The Hall–Kier alpha value is -2.35. The molecule has 0 saturated carbocycles. The van der Waals surface area contributed by atoms with Gasteiger partial charge in [0.2, 0.25) is 5.91 Å². The summed E-state index contributed by atoms with van der Waals surface area (Å²) in [6, 6.07) is 11.9. The largest absolute Gasteiger partial charge is 0.320 e. The van der Waals surface area contributed by atoms with Crippen LogP contribution in [0.4, 0.5) is 5.82 Å². The maximum atomic E-state index is 11.5. The summed E-state index contributed by atoms with van der Waals surface area (Å²) in [6.45, 7) is 1.61. The number of rotatable bonds is 2. The van der Waals surface area contributed by atoms with Gasteiger partial charge in [0, 0.05) is 5.56 Å². The molecule has 3 N–H and O–H groups in total. The molecule has 0 saturated heterocycles. The van der Waals surface area contributed by atoms with E-state index in [1.54, 1.807) is 31.2 Å². The number of aromatic nitrogens is 1. The summed E-state index contributed by atoms with van der Waals surface area (Å²) in [7, 11) is 0. The summed E-state index contributed by atoms with van der Waals surface area (Å²) < 4.78 is 0. The van der Waals surface area contributed by atoms with Gasteiger partial charge in [-0.05, 0) is 37.1 Å². The highest BCUT2D eigenvalue weighted by molar-refractivity contribution is 6.31. The molecule has 2 aromatic rings. The zero-order valence-corrected chi connectivity index (χ0v) is 12.2. The topological polar surface area (TPSA) is 68.0 Å². The molecule has 1 heterocycles. The van der Waals surface area contributed by atoms with Crippen molar-refractivity contribution in [1.29, 1.82) is 0 Å². The Kier molecular flexibility index (Phi) is 4.94. The molecule has 106 valence electrons. The van der Waals surface area contributed by atoms with Crippen molar-refractivity contribution in [2.45, 2.75) is 13.0 Å². The number of benzene rings is 1. The standard InChI is InChI=1S/C16H14ClN3O/c1-11(18)16(21)20-15-8-4-6-13(19-15)10-9-12-5-2-3-7-14(12)17/h2-8,11H,18H2,1H3,(H,19,20,21). The highest BCUT2D eigenvalue weighted by Crippen LogP contribution is 2.13. The highest BCUT2D eigenvalue weighted by Gasteiger charge is 2.07. The quantitative estimate of drug-likeness (QED) is 0.837. The Morgan fingerprint density at radius 3 is 2.71 bits per heavy atom. The van der Waals surface area contributed by atoms with Gasteiger partial charge >= 0.3 is 0 Å². The SMILES string of the molecule is CC(N)C(=O)Nc1cccc(C#Cc2ccccc2Cl)n1. The van der Waals surface area contributed by atoms with Gasteiger partial charge in [-0.1, -0.05) is 35.7 Å². The van der Waals surface area contributed by atoms with Crippen molar-refractivity contribution in [3.05, 3.63) is 58.7 Å². The number of halogens is 1. The van der Waals surface area contributed by atoms with Crippen molar-refractivity contribution >= 4 is 23.3 Å². The molecule has 4 nitrogen and oxygen atoms in total. The van der Waals surface area contributed by atoms with Gasteiger partial charge in [0.1, 0.15) is 11.5 Å². The van der Waals surface area contributed by atoms with Gasteiger partial charge in [-0.25, -0.2) is 4.98 Å². The van der Waals surface area contributed by atoms with E-state index in [4.69, 9.17) is 17.3 Å². The predicted octanol–water partition coefficient (Wildman–Crippen LogP) is 2.42. The molecule has 21 heavy (non-hydrogen) atoms. The Morgan fingerprint density at radius 1 is 1.24 bits per heavy atom. The average molecular weight is 300 g/mol. The summed E-state index contributed by atoms with van der Waals surface area (Å²) in [5.74, 6) is 5.99. The van der Waals surface area contributed by atoms with Crippen molar-refractivity contribution in [2.24, 2.45) is 5.73 Å². The number of carbonyl (C=O) groups excluding carboxylic acids is 1. The molecule has 1 unspecified atom stereocenters. The van der Waals surface area contributed by atoms with E-state index in [1.165, 1.54) is 0 Å². The molecule has 2 rings (SSSR count). The normalized spacial score (nSPS) is 11.2. The average Bonchev–Trinajstić information content (AvgIpc) is 2.46. The van der Waals surface area contributed by atoms with E-state index < -0.39 is 6.04 Å². The maximum absolute atomic E-state index is 11.5. The Balaban J connectivity index is 2.19. The number of nitrogens with two attached hydrogens (primary N) is 1. The predicted molar refractivity (Wildman–Crippen MR) is 83.9 cm³/mol. The minimum absolute atomic E-state index is 0.293. The number of nitrogens with zero attached hydrogens (tertiary/aromatic N) is 1. The van der Waals surface area contributed by atoms with Gasteiger partial charge in [-0.15, -0.1) is 0 Å². The van der Waals surface area contributed by atoms with Crippen LogP contribution in [-0.2, 0) is 4.79 Å². The molecule has 0 aliphatic heterocycles. The van der Waals surface area contributed by atoms with Gasteiger partial charge < -0.3 is 11.1 Å². The summed E-state index contributed by atoms with van der Waals surface area (Å²) in [5, 5.41) is 3.21. The number of nitrogens with one attached hydrogen (secondary N) is 1. The van der Waals surface area contributed by atoms with Crippen molar-refractivity contribution in [2.75, 3.05) is 5.32 Å². The van der Waals surface area contributed by atoms with Gasteiger partial charge in [-0.2, -0.15) is 0 Å². The number of hydrogen-bond acceptors (Lipinski definition) is 3. The molecule has 0 aliphatic carbocycles. The third-order valence-electron chi connectivity index (χ3n) is 2.61. The van der Waals surface area contributed by atoms with Crippen LogP contribution in [0.1, 0.15) is 18.2 Å². The van der Waals surface area contributed by atoms with Crippen LogP contribution in [0.3, 0.4) is 0 Å². The van der Waals surface area contributed by atoms with Gasteiger partial charge in [0.15, 0.2) is 0 Å². The second kappa shape index (κ2) is 6.89. The summed E-state index contributed by atoms with van der Waals surface area (Å²) in [6.07, 6.45) is 0. The molecule has 5 heteroatoms. The number of hydrogen-bond donors (Lipinski definition) is 2. The van der Waals surface area contributed by atoms with Crippen LogP contribution in [0.2, 0.25) is 5.02 Å². The molecule has 0 bridgehead atoms. The molecule has 1 aromatic carbocycles. The van der Waals surface area contributed by atoms with E-state index in [0.29, 0.717) is 16.5 Å². The van der Waals surface area contributed by atoms with E-state index in [1.807, 2.05) is 18.2 Å². The van der Waals surface area contributed by atoms with Crippen LogP contribution in [0, 0.1) is 11.8 Å². The zero-order valence-electron chi connectivity index (χ0n) is 11.4. The molecular formula is C16H14ClN3O. The monoisotopic (exact) mass is 299 g/mol. The number of pyridine rings is 1. The minimum Gasteiger partial charge on any atom is -0.320 e. The van der Waals surface area contributed by atoms with Crippen LogP contribution >= 0.6 is 11.6 Å². The van der Waals surface area contributed by atoms with Crippen LogP contribution in [0.15, 0.2) is 42.5 Å². The van der Waals surface area contributed by atoms with E-state index in [-0.39, 0.29) is 5.91 Å². The fourth-order valence-electron chi connectivity index (χ4n) is 1.51. The van der Waals surface area contributed by atoms with E-state index in [0.717, 1.165) is 5.56 Å². The highest BCUT2D eigenvalue weighted by atomic mass is 35.5. The van der Waals surface area contributed by atoms with Gasteiger partial charge in [0.05, 0.1) is 11.1 Å². The summed E-state index contributed by atoms with van der Waals surface area (Å²) in [4.78, 5) is 15.8. The van der Waals surface area contributed by atoms with E-state index in [2.05, 4.69) is 22.1 Å².